The maximum atomic E-state index is 15.0. The van der Waals surface area contributed by atoms with Gasteiger partial charge in [-0.2, -0.15) is 5.10 Å². The van der Waals surface area contributed by atoms with E-state index in [4.69, 9.17) is 10.1 Å². The molecule has 3 N–H and O–H groups in total. The van der Waals surface area contributed by atoms with E-state index in [0.29, 0.717) is 23.0 Å². The molecule has 0 radical (unpaired) electrons. The lowest BCUT2D eigenvalue weighted by Gasteiger charge is -2.39. The first kappa shape index (κ1) is 21.7. The topological polar surface area (TPSA) is 112 Å². The molecule has 0 amide bonds. The van der Waals surface area contributed by atoms with Crippen LogP contribution in [0.1, 0.15) is 37.6 Å². The van der Waals surface area contributed by atoms with Gasteiger partial charge in [-0.15, -0.1) is 0 Å². The van der Waals surface area contributed by atoms with Crippen molar-refractivity contribution in [1.82, 2.24) is 19.7 Å². The van der Waals surface area contributed by atoms with Crippen molar-refractivity contribution >= 4 is 34.4 Å². The quantitative estimate of drug-likeness (QED) is 0.509. The highest BCUT2D eigenvalue weighted by Crippen LogP contribution is 2.42. The van der Waals surface area contributed by atoms with E-state index in [1.807, 2.05) is 0 Å². The summed E-state index contributed by atoms with van der Waals surface area (Å²) in [5.74, 6) is 0.289. The fourth-order valence-corrected chi connectivity index (χ4v) is 5.01. The van der Waals surface area contributed by atoms with Crippen LogP contribution < -0.4 is 10.2 Å². The molecule has 2 fully saturated rings. The van der Waals surface area contributed by atoms with E-state index in [0.717, 1.165) is 45.2 Å². The standard InChI is InChI=1S/C23H28FN7O2/c1-14-9-23(13-33-14)5-7-31(8-6-23)22-18(12-32)27-21(17(10-25)28-22)26-16-4-3-15-11-30(2)29-20(15)19(16)24/h3-4,10-11,14,25,32H,5-9,12-13H2,1-2H3,(H,26,27)/t14-/m0/s1. The molecule has 1 spiro atoms. The van der Waals surface area contributed by atoms with E-state index in [1.165, 1.54) is 0 Å². The van der Waals surface area contributed by atoms with Crippen LogP contribution in [0, 0.1) is 16.6 Å². The van der Waals surface area contributed by atoms with Crippen LogP contribution in [0.2, 0.25) is 0 Å². The van der Waals surface area contributed by atoms with Gasteiger partial charge in [-0.1, -0.05) is 0 Å². The number of fused-ring (bicyclic) bond motifs is 1. The number of benzene rings is 1. The van der Waals surface area contributed by atoms with E-state index in [1.54, 1.807) is 30.1 Å². The van der Waals surface area contributed by atoms with E-state index in [2.05, 4.69) is 32.2 Å². The lowest BCUT2D eigenvalue weighted by atomic mass is 9.77. The maximum Gasteiger partial charge on any atom is 0.174 e. The number of anilines is 3. The monoisotopic (exact) mass is 453 g/mol. The van der Waals surface area contributed by atoms with Crippen LogP contribution in [-0.2, 0) is 18.4 Å². The largest absolute Gasteiger partial charge is 0.390 e. The van der Waals surface area contributed by atoms with E-state index in [9.17, 15) is 5.11 Å². The minimum atomic E-state index is -0.505. The van der Waals surface area contributed by atoms with E-state index >= 15 is 4.39 Å². The number of aliphatic hydroxyl groups is 1. The van der Waals surface area contributed by atoms with Gasteiger partial charge in [0.05, 0.1) is 25.0 Å². The molecule has 0 saturated carbocycles. The third-order valence-electron chi connectivity index (χ3n) is 6.76. The smallest absolute Gasteiger partial charge is 0.174 e. The SMILES string of the molecule is C[C@H]1CC2(CCN(c3nc(C=N)c(Nc4ccc5cn(C)nc5c4F)nc3CO)CC2)CO1. The highest BCUT2D eigenvalue weighted by atomic mass is 19.1. The minimum Gasteiger partial charge on any atom is -0.390 e. The number of aryl methyl sites for hydroxylation is 1. The summed E-state index contributed by atoms with van der Waals surface area (Å²) in [7, 11) is 1.74. The second-order valence-corrected chi connectivity index (χ2v) is 9.14. The molecule has 1 atom stereocenters. The molecule has 2 aliphatic heterocycles. The van der Waals surface area contributed by atoms with Gasteiger partial charge >= 0.3 is 0 Å². The van der Waals surface area contributed by atoms with Crippen LogP contribution in [0.5, 0.6) is 0 Å². The Hall–Kier alpha value is -3.11. The summed E-state index contributed by atoms with van der Waals surface area (Å²) in [6, 6.07) is 3.37. The van der Waals surface area contributed by atoms with Gasteiger partial charge in [0, 0.05) is 37.9 Å². The Bertz CT molecular complexity index is 1200. The van der Waals surface area contributed by atoms with E-state index in [-0.39, 0.29) is 34.7 Å². The van der Waals surface area contributed by atoms with Crippen LogP contribution in [0.4, 0.5) is 21.7 Å². The second-order valence-electron chi connectivity index (χ2n) is 9.14. The van der Waals surface area contributed by atoms with Gasteiger partial charge in [-0.3, -0.25) is 4.68 Å². The van der Waals surface area contributed by atoms with Gasteiger partial charge in [0.15, 0.2) is 17.5 Å². The highest BCUT2D eigenvalue weighted by molar-refractivity contribution is 5.87. The predicted molar refractivity (Wildman–Crippen MR) is 124 cm³/mol. The van der Waals surface area contributed by atoms with Crippen LogP contribution in [0.3, 0.4) is 0 Å². The van der Waals surface area contributed by atoms with Crippen molar-refractivity contribution in [3.05, 3.63) is 35.5 Å². The zero-order valence-corrected chi connectivity index (χ0v) is 18.8. The molecule has 5 rings (SSSR count). The van der Waals surface area contributed by atoms with Gasteiger partial charge in [-0.25, -0.2) is 14.4 Å². The molecular weight excluding hydrogens is 425 g/mol. The van der Waals surface area contributed by atoms with Crippen molar-refractivity contribution in [2.45, 2.75) is 38.9 Å². The Morgan fingerprint density at radius 1 is 1.33 bits per heavy atom. The van der Waals surface area contributed by atoms with Crippen molar-refractivity contribution in [1.29, 1.82) is 5.41 Å². The number of halogens is 1. The molecule has 1 aromatic carbocycles. The second kappa shape index (κ2) is 8.35. The average molecular weight is 454 g/mol. The molecule has 174 valence electrons. The molecular formula is C23H28FN7O2. The van der Waals surface area contributed by atoms with Gasteiger partial charge in [0.1, 0.15) is 16.9 Å². The first-order chi connectivity index (χ1) is 15.9. The number of rotatable bonds is 5. The van der Waals surface area contributed by atoms with Crippen molar-refractivity contribution in [2.75, 3.05) is 29.9 Å². The summed E-state index contributed by atoms with van der Waals surface area (Å²) < 4.78 is 22.4. The predicted octanol–water partition coefficient (Wildman–Crippen LogP) is 3.13. The number of aromatic nitrogens is 4. The number of hydrogen-bond donors (Lipinski definition) is 3. The number of nitrogens with one attached hydrogen (secondary N) is 2. The molecule has 9 nitrogen and oxygen atoms in total. The summed E-state index contributed by atoms with van der Waals surface area (Å²) in [5.41, 5.74) is 1.33. The van der Waals surface area contributed by atoms with Crippen molar-refractivity contribution in [2.24, 2.45) is 12.5 Å². The molecule has 3 aromatic rings. The zero-order valence-electron chi connectivity index (χ0n) is 18.8. The number of hydrogen-bond acceptors (Lipinski definition) is 8. The van der Waals surface area contributed by atoms with Gasteiger partial charge in [0.25, 0.3) is 0 Å². The summed E-state index contributed by atoms with van der Waals surface area (Å²) in [5, 5.41) is 25.7. The summed E-state index contributed by atoms with van der Waals surface area (Å²) in [6.07, 6.45) is 6.17. The molecule has 2 aliphatic rings. The minimum absolute atomic E-state index is 0.186. The Morgan fingerprint density at radius 3 is 2.79 bits per heavy atom. The molecule has 2 aromatic heterocycles. The Balaban J connectivity index is 1.42. The van der Waals surface area contributed by atoms with Crippen LogP contribution in [0.25, 0.3) is 10.9 Å². The first-order valence-corrected chi connectivity index (χ1v) is 11.2. The molecule has 2 saturated heterocycles. The molecule has 0 bridgehead atoms. The summed E-state index contributed by atoms with van der Waals surface area (Å²) >= 11 is 0. The number of aliphatic hydroxyl groups excluding tert-OH is 1. The maximum absolute atomic E-state index is 15.0. The fourth-order valence-electron chi connectivity index (χ4n) is 5.01. The molecule has 10 heteroatoms. The van der Waals surface area contributed by atoms with Crippen LogP contribution in [0.15, 0.2) is 18.3 Å². The number of piperidine rings is 1. The van der Waals surface area contributed by atoms with Gasteiger partial charge in [0.2, 0.25) is 0 Å². The van der Waals surface area contributed by atoms with Crippen LogP contribution in [-0.4, -0.2) is 56.9 Å². The van der Waals surface area contributed by atoms with Gasteiger partial charge in [-0.05, 0) is 43.7 Å². The van der Waals surface area contributed by atoms with Crippen molar-refractivity contribution in [3.63, 3.8) is 0 Å². The Labute approximate surface area is 191 Å². The summed E-state index contributed by atoms with van der Waals surface area (Å²) in [4.78, 5) is 11.3. The Kier molecular flexibility index (Phi) is 5.49. The number of ether oxygens (including phenoxy) is 1. The highest BCUT2D eigenvalue weighted by Gasteiger charge is 2.41. The molecule has 0 unspecified atom stereocenters. The van der Waals surface area contributed by atoms with Crippen molar-refractivity contribution in [3.8, 4) is 0 Å². The average Bonchev–Trinajstić information content (AvgIpc) is 3.38. The zero-order chi connectivity index (χ0) is 23.2. The first-order valence-electron chi connectivity index (χ1n) is 11.2. The van der Waals surface area contributed by atoms with Crippen LogP contribution >= 0.6 is 0 Å². The molecule has 33 heavy (non-hydrogen) atoms. The lowest BCUT2D eigenvalue weighted by Crippen LogP contribution is -2.41. The normalized spacial score (nSPS) is 20.0. The third kappa shape index (κ3) is 3.93. The van der Waals surface area contributed by atoms with E-state index < -0.39 is 5.82 Å². The third-order valence-corrected chi connectivity index (χ3v) is 6.76. The van der Waals surface area contributed by atoms with Crippen molar-refractivity contribution < 1.29 is 14.2 Å². The summed E-state index contributed by atoms with van der Waals surface area (Å²) in [6.45, 7) is 4.17. The molecule has 4 heterocycles. The van der Waals surface area contributed by atoms with Gasteiger partial charge < -0.3 is 25.5 Å². The molecule has 0 aliphatic carbocycles. The number of nitrogens with zero attached hydrogens (tertiary/aromatic N) is 5. The fraction of sp³-hybridized carbons (Fsp3) is 0.478. The lowest BCUT2D eigenvalue weighted by molar-refractivity contribution is 0.0975. The Morgan fingerprint density at radius 2 is 2.12 bits per heavy atom.